The largest absolute Gasteiger partial charge is 0.464 e. The molecule has 2 aromatic carbocycles. The Morgan fingerprint density at radius 2 is 1.93 bits per heavy atom. The minimum Gasteiger partial charge on any atom is -0.464 e. The van der Waals surface area contributed by atoms with Crippen LogP contribution in [0.1, 0.15) is 15.9 Å². The highest BCUT2D eigenvalue weighted by Crippen LogP contribution is 2.34. The van der Waals surface area contributed by atoms with Gasteiger partial charge in [0.25, 0.3) is 5.91 Å². The molecule has 0 unspecified atom stereocenters. The number of amides is 1. The molecule has 0 radical (unpaired) electrons. The van der Waals surface area contributed by atoms with Gasteiger partial charge in [-0.05, 0) is 54.4 Å². The Morgan fingerprint density at radius 1 is 1.03 bits per heavy atom. The Labute approximate surface area is 167 Å². The Kier molecular flexibility index (Phi) is 4.33. The standard InChI is InChI=1S/C24H19N3O2/c28-24(17-5-2-1-3-6-17)26-12-10-16-8-9-20-19(15-16)22-18(21-7-4-14-29-21)11-13-25-23(22)27-20/h1-9,11,13-15H,10,12H2,(H,25,27)(H,26,28). The number of furan rings is 1. The molecule has 0 aliphatic rings. The molecule has 0 aliphatic heterocycles. The molecule has 142 valence electrons. The van der Waals surface area contributed by atoms with Crippen molar-refractivity contribution in [1.29, 1.82) is 0 Å². The molecule has 1 amide bonds. The van der Waals surface area contributed by atoms with Crippen molar-refractivity contribution in [3.8, 4) is 11.3 Å². The van der Waals surface area contributed by atoms with Crippen LogP contribution >= 0.6 is 0 Å². The van der Waals surface area contributed by atoms with Crippen molar-refractivity contribution < 1.29 is 9.21 Å². The number of hydrogen-bond donors (Lipinski definition) is 2. The molecule has 0 atom stereocenters. The second kappa shape index (κ2) is 7.28. The number of nitrogens with zero attached hydrogens (tertiary/aromatic N) is 1. The summed E-state index contributed by atoms with van der Waals surface area (Å²) in [5, 5.41) is 5.14. The van der Waals surface area contributed by atoms with E-state index in [-0.39, 0.29) is 5.91 Å². The number of fused-ring (bicyclic) bond motifs is 3. The van der Waals surface area contributed by atoms with Crippen molar-refractivity contribution in [2.75, 3.05) is 6.54 Å². The molecule has 5 rings (SSSR count). The highest BCUT2D eigenvalue weighted by atomic mass is 16.3. The van der Waals surface area contributed by atoms with Crippen molar-refractivity contribution >= 4 is 27.8 Å². The van der Waals surface area contributed by atoms with Crippen LogP contribution in [-0.2, 0) is 6.42 Å². The zero-order chi connectivity index (χ0) is 19.6. The monoisotopic (exact) mass is 381 g/mol. The molecule has 5 heteroatoms. The summed E-state index contributed by atoms with van der Waals surface area (Å²) in [7, 11) is 0. The van der Waals surface area contributed by atoms with Crippen molar-refractivity contribution in [3.05, 3.63) is 90.3 Å². The van der Waals surface area contributed by atoms with Crippen molar-refractivity contribution in [2.45, 2.75) is 6.42 Å². The molecule has 0 saturated carbocycles. The van der Waals surface area contributed by atoms with Gasteiger partial charge in [0.2, 0.25) is 0 Å². The molecule has 0 saturated heterocycles. The molecule has 3 aromatic heterocycles. The molecule has 5 aromatic rings. The third-order valence-electron chi connectivity index (χ3n) is 5.08. The number of carbonyl (C=O) groups excluding carboxylic acids is 1. The van der Waals surface area contributed by atoms with Crippen LogP contribution in [0.25, 0.3) is 33.3 Å². The number of aromatic amines is 1. The smallest absolute Gasteiger partial charge is 0.251 e. The minimum absolute atomic E-state index is 0.0527. The van der Waals surface area contributed by atoms with E-state index in [1.54, 1.807) is 12.5 Å². The summed E-state index contributed by atoms with van der Waals surface area (Å²) in [4.78, 5) is 20.1. The second-order valence-electron chi connectivity index (χ2n) is 6.94. The van der Waals surface area contributed by atoms with Gasteiger partial charge in [-0.25, -0.2) is 4.98 Å². The maximum Gasteiger partial charge on any atom is 0.251 e. The maximum absolute atomic E-state index is 12.2. The Balaban J connectivity index is 1.42. The SMILES string of the molecule is O=C(NCCc1ccc2[nH]c3nccc(-c4ccco4)c3c2c1)c1ccccc1. The van der Waals surface area contributed by atoms with Crippen molar-refractivity contribution in [1.82, 2.24) is 15.3 Å². The van der Waals surface area contributed by atoms with Crippen LogP contribution in [0.2, 0.25) is 0 Å². The zero-order valence-electron chi connectivity index (χ0n) is 15.7. The minimum atomic E-state index is -0.0527. The molecule has 0 aliphatic carbocycles. The third-order valence-corrected chi connectivity index (χ3v) is 5.08. The molecular weight excluding hydrogens is 362 g/mol. The average Bonchev–Trinajstić information content (AvgIpc) is 3.42. The Hall–Kier alpha value is -3.86. The Bertz CT molecular complexity index is 1290. The van der Waals surface area contributed by atoms with Gasteiger partial charge in [0.05, 0.1) is 6.26 Å². The van der Waals surface area contributed by atoms with Gasteiger partial charge in [-0.15, -0.1) is 0 Å². The van der Waals surface area contributed by atoms with Gasteiger partial charge in [-0.3, -0.25) is 4.79 Å². The predicted octanol–water partition coefficient (Wildman–Crippen LogP) is 4.95. The van der Waals surface area contributed by atoms with E-state index in [2.05, 4.69) is 33.5 Å². The highest BCUT2D eigenvalue weighted by Gasteiger charge is 2.13. The number of carbonyl (C=O) groups is 1. The van der Waals surface area contributed by atoms with E-state index in [0.29, 0.717) is 12.1 Å². The number of pyridine rings is 1. The third kappa shape index (κ3) is 3.27. The lowest BCUT2D eigenvalue weighted by Gasteiger charge is -2.06. The van der Waals surface area contributed by atoms with E-state index in [1.165, 1.54) is 0 Å². The van der Waals surface area contributed by atoms with Gasteiger partial charge in [0.15, 0.2) is 0 Å². The normalized spacial score (nSPS) is 11.2. The van der Waals surface area contributed by atoms with E-state index in [0.717, 1.165) is 45.2 Å². The van der Waals surface area contributed by atoms with E-state index in [4.69, 9.17) is 4.42 Å². The maximum atomic E-state index is 12.2. The summed E-state index contributed by atoms with van der Waals surface area (Å²) in [5.41, 5.74) is 4.71. The molecule has 5 nitrogen and oxygen atoms in total. The molecule has 0 bridgehead atoms. The first kappa shape index (κ1) is 17.3. The number of nitrogens with one attached hydrogen (secondary N) is 2. The van der Waals surface area contributed by atoms with Gasteiger partial charge in [0.1, 0.15) is 11.4 Å². The van der Waals surface area contributed by atoms with Gasteiger partial charge in [0, 0.05) is 40.2 Å². The predicted molar refractivity (Wildman–Crippen MR) is 114 cm³/mol. The number of rotatable bonds is 5. The number of benzene rings is 2. The van der Waals surface area contributed by atoms with Crippen LogP contribution in [0.5, 0.6) is 0 Å². The quantitative estimate of drug-likeness (QED) is 0.453. The average molecular weight is 381 g/mol. The Morgan fingerprint density at radius 3 is 2.76 bits per heavy atom. The van der Waals surface area contributed by atoms with Crippen LogP contribution in [0.3, 0.4) is 0 Å². The number of hydrogen-bond acceptors (Lipinski definition) is 3. The molecule has 2 N–H and O–H groups in total. The van der Waals surface area contributed by atoms with Crippen LogP contribution < -0.4 is 5.32 Å². The van der Waals surface area contributed by atoms with Crippen LogP contribution in [0.4, 0.5) is 0 Å². The molecule has 0 fully saturated rings. The summed E-state index contributed by atoms with van der Waals surface area (Å²) >= 11 is 0. The lowest BCUT2D eigenvalue weighted by Crippen LogP contribution is -2.25. The zero-order valence-corrected chi connectivity index (χ0v) is 15.7. The number of aromatic nitrogens is 2. The topological polar surface area (TPSA) is 70.9 Å². The fourth-order valence-electron chi connectivity index (χ4n) is 3.67. The summed E-state index contributed by atoms with van der Waals surface area (Å²) in [6.07, 6.45) is 4.21. The second-order valence-corrected chi connectivity index (χ2v) is 6.94. The number of H-pyrrole nitrogens is 1. The first-order chi connectivity index (χ1) is 14.3. The first-order valence-corrected chi connectivity index (χ1v) is 9.56. The van der Waals surface area contributed by atoms with E-state index >= 15 is 0 Å². The van der Waals surface area contributed by atoms with Crippen LogP contribution in [0.15, 0.2) is 83.6 Å². The molecule has 29 heavy (non-hydrogen) atoms. The lowest BCUT2D eigenvalue weighted by atomic mass is 10.0. The van der Waals surface area contributed by atoms with Gasteiger partial charge < -0.3 is 14.7 Å². The van der Waals surface area contributed by atoms with Crippen LogP contribution in [-0.4, -0.2) is 22.4 Å². The molecule has 3 heterocycles. The molecular formula is C24H19N3O2. The van der Waals surface area contributed by atoms with Gasteiger partial charge in [-0.1, -0.05) is 24.3 Å². The summed E-state index contributed by atoms with van der Waals surface area (Å²) < 4.78 is 5.62. The fourth-order valence-corrected chi connectivity index (χ4v) is 3.67. The van der Waals surface area contributed by atoms with Crippen LogP contribution in [0, 0.1) is 0 Å². The fraction of sp³-hybridized carbons (Fsp3) is 0.0833. The van der Waals surface area contributed by atoms with Gasteiger partial charge in [-0.2, -0.15) is 0 Å². The molecule has 0 spiro atoms. The van der Waals surface area contributed by atoms with Crippen molar-refractivity contribution in [2.24, 2.45) is 0 Å². The van der Waals surface area contributed by atoms with Gasteiger partial charge >= 0.3 is 0 Å². The summed E-state index contributed by atoms with van der Waals surface area (Å²) in [6, 6.07) is 21.4. The summed E-state index contributed by atoms with van der Waals surface area (Å²) in [5.74, 6) is 0.766. The lowest BCUT2D eigenvalue weighted by molar-refractivity contribution is 0.0954. The van der Waals surface area contributed by atoms with E-state index < -0.39 is 0 Å². The highest BCUT2D eigenvalue weighted by molar-refractivity contribution is 6.12. The van der Waals surface area contributed by atoms with Crippen molar-refractivity contribution in [3.63, 3.8) is 0 Å². The summed E-state index contributed by atoms with van der Waals surface area (Å²) in [6.45, 7) is 0.574. The first-order valence-electron chi connectivity index (χ1n) is 9.56. The van der Waals surface area contributed by atoms with E-state index in [9.17, 15) is 4.79 Å². The van der Waals surface area contributed by atoms with E-state index in [1.807, 2.05) is 48.5 Å².